The number of benzene rings is 1. The van der Waals surface area contributed by atoms with Crippen molar-refractivity contribution in [2.75, 3.05) is 5.32 Å². The van der Waals surface area contributed by atoms with Crippen LogP contribution in [0.25, 0.3) is 0 Å². The molecule has 1 aromatic carbocycles. The number of amides is 2. The topological polar surface area (TPSA) is 58.2 Å². The summed E-state index contributed by atoms with van der Waals surface area (Å²) in [5, 5.41) is 5.98. The number of carbonyl (C=O) groups excluding carboxylic acids is 2. The maximum absolute atomic E-state index is 12.4. The Kier molecular flexibility index (Phi) is 3.95. The first-order valence-corrected chi connectivity index (χ1v) is 7.91. The van der Waals surface area contributed by atoms with Gasteiger partial charge in [0.15, 0.2) is 0 Å². The number of fused-ring (bicyclic) bond motifs is 1. The minimum absolute atomic E-state index is 0.000820. The van der Waals surface area contributed by atoms with Crippen molar-refractivity contribution in [1.82, 2.24) is 5.32 Å². The molecule has 0 radical (unpaired) electrons. The van der Waals surface area contributed by atoms with Gasteiger partial charge in [0.1, 0.15) is 0 Å². The highest BCUT2D eigenvalue weighted by Crippen LogP contribution is 2.28. The van der Waals surface area contributed by atoms with E-state index in [0.29, 0.717) is 23.9 Å². The second-order valence-electron chi connectivity index (χ2n) is 6.13. The lowest BCUT2D eigenvalue weighted by molar-refractivity contribution is -0.115. The third-order valence-corrected chi connectivity index (χ3v) is 4.75. The van der Waals surface area contributed by atoms with Crippen molar-refractivity contribution in [3.8, 4) is 0 Å². The first kappa shape index (κ1) is 14.1. The summed E-state index contributed by atoms with van der Waals surface area (Å²) in [5.74, 6) is 0.571. The van der Waals surface area contributed by atoms with Crippen LogP contribution in [-0.4, -0.2) is 17.9 Å². The van der Waals surface area contributed by atoms with Gasteiger partial charge in [-0.1, -0.05) is 32.3 Å². The lowest BCUT2D eigenvalue weighted by Gasteiger charge is -2.31. The number of carbonyl (C=O) groups is 2. The molecule has 21 heavy (non-hydrogen) atoms. The lowest BCUT2D eigenvalue weighted by Crippen LogP contribution is -2.41. The fraction of sp³-hybridized carbons (Fsp3) is 0.529. The van der Waals surface area contributed by atoms with Gasteiger partial charge >= 0.3 is 0 Å². The van der Waals surface area contributed by atoms with Crippen LogP contribution >= 0.6 is 0 Å². The Labute approximate surface area is 125 Å². The van der Waals surface area contributed by atoms with Crippen LogP contribution in [0.3, 0.4) is 0 Å². The molecule has 1 heterocycles. The van der Waals surface area contributed by atoms with E-state index >= 15 is 0 Å². The van der Waals surface area contributed by atoms with Crippen LogP contribution in [0.1, 0.15) is 54.9 Å². The molecule has 1 aliphatic carbocycles. The van der Waals surface area contributed by atoms with Crippen molar-refractivity contribution in [3.63, 3.8) is 0 Å². The molecule has 0 spiro atoms. The molecule has 1 fully saturated rings. The van der Waals surface area contributed by atoms with E-state index in [2.05, 4.69) is 17.6 Å². The normalized spacial score (nSPS) is 24.3. The Balaban J connectivity index is 1.71. The summed E-state index contributed by atoms with van der Waals surface area (Å²) in [4.78, 5) is 23.8. The van der Waals surface area contributed by atoms with E-state index in [9.17, 15) is 9.59 Å². The first-order valence-electron chi connectivity index (χ1n) is 7.91. The summed E-state index contributed by atoms with van der Waals surface area (Å²) in [7, 11) is 0. The molecular formula is C17H22N2O2. The van der Waals surface area contributed by atoms with E-state index in [4.69, 9.17) is 0 Å². The standard InChI is InChI=1S/C17H22N2O2/c1-2-11-5-3-4-6-14(11)19-17(21)13-8-7-12-10-16(20)18-15(12)9-13/h7-9,11,14H,2-6,10H2,1H3,(H,18,20)(H,19,21). The minimum Gasteiger partial charge on any atom is -0.349 e. The van der Waals surface area contributed by atoms with E-state index in [-0.39, 0.29) is 11.8 Å². The monoisotopic (exact) mass is 286 g/mol. The first-order chi connectivity index (χ1) is 10.2. The Morgan fingerprint density at radius 2 is 2.14 bits per heavy atom. The van der Waals surface area contributed by atoms with Gasteiger partial charge < -0.3 is 10.6 Å². The number of hydrogen-bond donors (Lipinski definition) is 2. The van der Waals surface area contributed by atoms with E-state index in [1.54, 1.807) is 6.07 Å². The predicted octanol–water partition coefficient (Wildman–Crippen LogP) is 2.88. The summed E-state index contributed by atoms with van der Waals surface area (Å²) in [5.41, 5.74) is 2.39. The number of rotatable bonds is 3. The van der Waals surface area contributed by atoms with Crippen LogP contribution in [0.2, 0.25) is 0 Å². The third kappa shape index (κ3) is 2.94. The third-order valence-electron chi connectivity index (χ3n) is 4.75. The van der Waals surface area contributed by atoms with Gasteiger partial charge in [-0.3, -0.25) is 9.59 Å². The van der Waals surface area contributed by atoms with Gasteiger partial charge in [-0.25, -0.2) is 0 Å². The summed E-state index contributed by atoms with van der Waals surface area (Å²) < 4.78 is 0. The Morgan fingerprint density at radius 1 is 1.33 bits per heavy atom. The summed E-state index contributed by atoms with van der Waals surface area (Å²) >= 11 is 0. The SMILES string of the molecule is CCC1CCCCC1NC(=O)c1ccc2c(c1)NC(=O)C2. The van der Waals surface area contributed by atoms with E-state index in [1.165, 1.54) is 19.3 Å². The van der Waals surface area contributed by atoms with Crippen LogP contribution in [0.4, 0.5) is 5.69 Å². The van der Waals surface area contributed by atoms with E-state index in [1.807, 2.05) is 12.1 Å². The van der Waals surface area contributed by atoms with Crippen LogP contribution in [0, 0.1) is 5.92 Å². The Morgan fingerprint density at radius 3 is 2.95 bits per heavy atom. The quantitative estimate of drug-likeness (QED) is 0.897. The number of hydrogen-bond acceptors (Lipinski definition) is 2. The van der Waals surface area contributed by atoms with Crippen LogP contribution in [0.5, 0.6) is 0 Å². The molecule has 0 bridgehead atoms. The Hall–Kier alpha value is -1.84. The zero-order valence-corrected chi connectivity index (χ0v) is 12.4. The van der Waals surface area contributed by atoms with Gasteiger partial charge in [-0.05, 0) is 36.5 Å². The van der Waals surface area contributed by atoms with Crippen LogP contribution < -0.4 is 10.6 Å². The highest BCUT2D eigenvalue weighted by Gasteiger charge is 2.26. The predicted molar refractivity (Wildman–Crippen MR) is 82.3 cm³/mol. The van der Waals surface area contributed by atoms with E-state index < -0.39 is 0 Å². The highest BCUT2D eigenvalue weighted by molar-refractivity contribution is 6.02. The maximum atomic E-state index is 12.4. The molecule has 2 atom stereocenters. The molecule has 4 heteroatoms. The van der Waals surface area contributed by atoms with Crippen molar-refractivity contribution in [3.05, 3.63) is 29.3 Å². The fourth-order valence-corrected chi connectivity index (χ4v) is 3.49. The van der Waals surface area contributed by atoms with Crippen LogP contribution in [-0.2, 0) is 11.2 Å². The molecule has 3 rings (SSSR count). The van der Waals surface area contributed by atoms with Crippen LogP contribution in [0.15, 0.2) is 18.2 Å². The zero-order chi connectivity index (χ0) is 14.8. The Bertz CT molecular complexity index is 568. The summed E-state index contributed by atoms with van der Waals surface area (Å²) in [6, 6.07) is 5.77. The lowest BCUT2D eigenvalue weighted by atomic mass is 9.83. The maximum Gasteiger partial charge on any atom is 0.251 e. The van der Waals surface area contributed by atoms with Gasteiger partial charge in [0.05, 0.1) is 6.42 Å². The molecule has 0 aromatic heterocycles. The number of anilines is 1. The minimum atomic E-state index is -0.0238. The molecule has 4 nitrogen and oxygen atoms in total. The molecule has 2 aliphatic rings. The number of nitrogens with one attached hydrogen (secondary N) is 2. The molecule has 2 amide bonds. The summed E-state index contributed by atoms with van der Waals surface area (Å²) in [6.07, 6.45) is 6.29. The second-order valence-corrected chi connectivity index (χ2v) is 6.13. The molecule has 2 N–H and O–H groups in total. The van der Waals surface area contributed by atoms with Gasteiger partial charge in [0, 0.05) is 17.3 Å². The molecule has 112 valence electrons. The van der Waals surface area contributed by atoms with Crippen molar-refractivity contribution < 1.29 is 9.59 Å². The largest absolute Gasteiger partial charge is 0.349 e. The van der Waals surface area contributed by atoms with Gasteiger partial charge in [-0.15, -0.1) is 0 Å². The zero-order valence-electron chi connectivity index (χ0n) is 12.4. The molecule has 1 aromatic rings. The molecule has 2 unspecified atom stereocenters. The van der Waals surface area contributed by atoms with Gasteiger partial charge in [-0.2, -0.15) is 0 Å². The van der Waals surface area contributed by atoms with Gasteiger partial charge in [0.2, 0.25) is 5.91 Å². The molecule has 0 saturated heterocycles. The molecular weight excluding hydrogens is 264 g/mol. The smallest absolute Gasteiger partial charge is 0.251 e. The van der Waals surface area contributed by atoms with Crippen molar-refractivity contribution in [2.24, 2.45) is 5.92 Å². The van der Waals surface area contributed by atoms with Crippen molar-refractivity contribution in [1.29, 1.82) is 0 Å². The van der Waals surface area contributed by atoms with Crippen molar-refractivity contribution in [2.45, 2.75) is 51.5 Å². The van der Waals surface area contributed by atoms with Crippen molar-refractivity contribution >= 4 is 17.5 Å². The van der Waals surface area contributed by atoms with E-state index in [0.717, 1.165) is 24.1 Å². The molecule has 1 saturated carbocycles. The molecule has 1 aliphatic heterocycles. The highest BCUT2D eigenvalue weighted by atomic mass is 16.2. The second kappa shape index (κ2) is 5.88. The van der Waals surface area contributed by atoms with Gasteiger partial charge in [0.25, 0.3) is 5.91 Å². The average molecular weight is 286 g/mol. The average Bonchev–Trinajstić information content (AvgIpc) is 2.86. The summed E-state index contributed by atoms with van der Waals surface area (Å²) in [6.45, 7) is 2.19. The fourth-order valence-electron chi connectivity index (χ4n) is 3.49.